The number of anilines is 1. The maximum atomic E-state index is 14.1. The summed E-state index contributed by atoms with van der Waals surface area (Å²) in [4.78, 5) is 27.5. The van der Waals surface area contributed by atoms with E-state index in [1.165, 1.54) is 12.1 Å². The number of rotatable bonds is 7. The highest BCUT2D eigenvalue weighted by molar-refractivity contribution is 6.01. The van der Waals surface area contributed by atoms with Crippen LogP contribution in [0.2, 0.25) is 0 Å². The zero-order chi connectivity index (χ0) is 26.2. The van der Waals surface area contributed by atoms with Gasteiger partial charge in [0.2, 0.25) is 0 Å². The van der Waals surface area contributed by atoms with E-state index >= 15 is 0 Å². The number of pyridine rings is 1. The molecule has 2 N–H and O–H groups in total. The summed E-state index contributed by atoms with van der Waals surface area (Å²) in [5.74, 6) is -0.685. The minimum atomic E-state index is -0.787. The second-order valence-corrected chi connectivity index (χ2v) is 10.2. The molecule has 1 amide bonds. The van der Waals surface area contributed by atoms with Crippen molar-refractivity contribution in [1.82, 2.24) is 14.9 Å². The monoisotopic (exact) mass is 508 g/mol. The van der Waals surface area contributed by atoms with Crippen LogP contribution in [0.4, 0.5) is 10.1 Å². The fourth-order valence-corrected chi connectivity index (χ4v) is 6.10. The minimum Gasteiger partial charge on any atom is -0.496 e. The average molecular weight is 509 g/mol. The van der Waals surface area contributed by atoms with Crippen LogP contribution in [0.3, 0.4) is 0 Å². The first kappa shape index (κ1) is 25.0. The van der Waals surface area contributed by atoms with Crippen molar-refractivity contribution in [3.63, 3.8) is 0 Å². The molecule has 0 bridgehead atoms. The second-order valence-electron chi connectivity index (χ2n) is 10.2. The van der Waals surface area contributed by atoms with E-state index in [9.17, 15) is 19.1 Å². The molecule has 2 aliphatic rings. The van der Waals surface area contributed by atoms with Gasteiger partial charge in [-0.2, -0.15) is 5.10 Å². The average Bonchev–Trinajstić information content (AvgIpc) is 3.55. The molecule has 0 radical (unpaired) electrons. The van der Waals surface area contributed by atoms with Crippen LogP contribution in [-0.2, 0) is 4.79 Å². The van der Waals surface area contributed by atoms with Gasteiger partial charge in [-0.15, -0.1) is 0 Å². The topological polar surface area (TPSA) is 96.2 Å². The maximum absolute atomic E-state index is 14.1. The van der Waals surface area contributed by atoms with E-state index in [1.54, 1.807) is 23.9 Å². The first-order valence-electron chi connectivity index (χ1n) is 13.0. The number of nitrogens with zero attached hydrogens (tertiary/aromatic N) is 3. The molecule has 0 spiro atoms. The second kappa shape index (κ2) is 10.0. The number of methoxy groups -OCH3 is 1. The van der Waals surface area contributed by atoms with Crippen LogP contribution in [0.25, 0.3) is 5.52 Å². The molecule has 1 saturated carbocycles. The number of carbonyl (C=O) groups excluding carboxylic acids is 1. The third-order valence-electron chi connectivity index (χ3n) is 8.20. The standard InChI is InChI=1S/C28H33FN4O4/c1-3-28(27(35)36)11-4-6-19(16-28)31-26(34)22-17-30-33-13-10-20(15-24(22)33)32-12-5-7-23(32)21-14-18(29)8-9-25(21)37-2/h8-10,13-15,17,19,23H,3-7,11-12,16H2,1-2H3,(H,31,34)(H,35,36). The lowest BCUT2D eigenvalue weighted by atomic mass is 9.70. The number of benzene rings is 1. The highest BCUT2D eigenvalue weighted by Crippen LogP contribution is 2.41. The van der Waals surface area contributed by atoms with E-state index in [0.717, 1.165) is 43.5 Å². The van der Waals surface area contributed by atoms with Gasteiger partial charge in [-0.1, -0.05) is 13.3 Å². The minimum absolute atomic E-state index is 0.0475. The predicted molar refractivity (Wildman–Crippen MR) is 138 cm³/mol. The molecule has 3 heterocycles. The highest BCUT2D eigenvalue weighted by atomic mass is 19.1. The van der Waals surface area contributed by atoms with E-state index in [0.29, 0.717) is 36.1 Å². The third-order valence-corrected chi connectivity index (χ3v) is 8.20. The van der Waals surface area contributed by atoms with Crippen molar-refractivity contribution in [2.45, 2.75) is 64.0 Å². The molecule has 37 heavy (non-hydrogen) atoms. The Morgan fingerprint density at radius 1 is 1.24 bits per heavy atom. The van der Waals surface area contributed by atoms with E-state index in [1.807, 2.05) is 25.3 Å². The van der Waals surface area contributed by atoms with E-state index in [-0.39, 0.29) is 23.8 Å². The smallest absolute Gasteiger partial charge is 0.309 e. The Hall–Kier alpha value is -3.62. The predicted octanol–water partition coefficient (Wildman–Crippen LogP) is 4.98. The van der Waals surface area contributed by atoms with Crippen LogP contribution >= 0.6 is 0 Å². The van der Waals surface area contributed by atoms with E-state index < -0.39 is 11.4 Å². The van der Waals surface area contributed by atoms with Crippen molar-refractivity contribution in [3.8, 4) is 5.75 Å². The molecule has 3 aromatic rings. The van der Waals surface area contributed by atoms with E-state index in [2.05, 4.69) is 15.3 Å². The number of ether oxygens (including phenoxy) is 1. The van der Waals surface area contributed by atoms with Crippen molar-refractivity contribution in [2.24, 2.45) is 5.41 Å². The Kier molecular flexibility index (Phi) is 6.79. The summed E-state index contributed by atoms with van der Waals surface area (Å²) < 4.78 is 21.3. The van der Waals surface area contributed by atoms with Gasteiger partial charge >= 0.3 is 5.97 Å². The fraction of sp³-hybridized carbons (Fsp3) is 0.464. The number of halogens is 1. The summed E-state index contributed by atoms with van der Waals surface area (Å²) in [6.07, 6.45) is 8.33. The van der Waals surface area contributed by atoms with Crippen LogP contribution in [0.1, 0.15) is 73.8 Å². The first-order valence-corrected chi connectivity index (χ1v) is 13.0. The zero-order valence-corrected chi connectivity index (χ0v) is 21.2. The van der Waals surface area contributed by atoms with Gasteiger partial charge in [-0.25, -0.2) is 8.91 Å². The van der Waals surface area contributed by atoms with Gasteiger partial charge in [-0.05, 0) is 68.9 Å². The number of hydrogen-bond acceptors (Lipinski definition) is 5. The number of carboxylic acid groups (broad SMARTS) is 1. The lowest BCUT2D eigenvalue weighted by Crippen LogP contribution is -2.45. The van der Waals surface area contributed by atoms with Gasteiger partial charge in [0.15, 0.2) is 0 Å². The number of hydrogen-bond donors (Lipinski definition) is 2. The lowest BCUT2D eigenvalue weighted by Gasteiger charge is -2.37. The van der Waals surface area contributed by atoms with Crippen molar-refractivity contribution in [2.75, 3.05) is 18.6 Å². The van der Waals surface area contributed by atoms with Gasteiger partial charge in [0.05, 0.1) is 35.8 Å². The number of aliphatic carboxylic acids is 1. The Labute approximate surface area is 215 Å². The molecule has 1 aliphatic carbocycles. The molecule has 3 atom stereocenters. The molecule has 1 aliphatic heterocycles. The SMILES string of the molecule is CCC1(C(=O)O)CCCC(NC(=O)c2cnn3ccc(N4CCCC4c4cc(F)ccc4OC)cc23)C1. The van der Waals surface area contributed by atoms with Gasteiger partial charge in [0, 0.05) is 30.0 Å². The lowest BCUT2D eigenvalue weighted by molar-refractivity contribution is -0.151. The number of carbonyl (C=O) groups is 2. The Morgan fingerprint density at radius 2 is 2.08 bits per heavy atom. The Bertz CT molecular complexity index is 1320. The molecule has 196 valence electrons. The zero-order valence-electron chi connectivity index (χ0n) is 21.2. The molecular weight excluding hydrogens is 475 g/mol. The van der Waals surface area contributed by atoms with Gasteiger partial charge in [0.1, 0.15) is 11.6 Å². The summed E-state index contributed by atoms with van der Waals surface area (Å²) in [5.41, 5.74) is 2.06. The molecule has 5 rings (SSSR count). The molecule has 2 fully saturated rings. The summed E-state index contributed by atoms with van der Waals surface area (Å²) in [5, 5.41) is 17.2. The summed E-state index contributed by atoms with van der Waals surface area (Å²) in [6.45, 7) is 2.70. The molecule has 1 saturated heterocycles. The summed E-state index contributed by atoms with van der Waals surface area (Å²) in [6, 6.07) is 8.25. The molecular formula is C28H33FN4O4. The molecule has 9 heteroatoms. The van der Waals surface area contributed by atoms with Crippen LogP contribution in [0.15, 0.2) is 42.7 Å². The van der Waals surface area contributed by atoms with Crippen LogP contribution in [0, 0.1) is 11.2 Å². The molecule has 1 aromatic carbocycles. The molecule has 3 unspecified atom stereocenters. The van der Waals surface area contributed by atoms with Gasteiger partial charge in [-0.3, -0.25) is 9.59 Å². The first-order chi connectivity index (χ1) is 17.8. The number of amides is 1. The van der Waals surface area contributed by atoms with Crippen LogP contribution in [-0.4, -0.2) is 46.3 Å². The van der Waals surface area contributed by atoms with Crippen molar-refractivity contribution in [3.05, 3.63) is 59.7 Å². The Morgan fingerprint density at radius 3 is 2.84 bits per heavy atom. The Balaban J connectivity index is 1.40. The molecule has 8 nitrogen and oxygen atoms in total. The van der Waals surface area contributed by atoms with Crippen molar-refractivity contribution >= 4 is 23.1 Å². The van der Waals surface area contributed by atoms with Gasteiger partial charge < -0.3 is 20.1 Å². The summed E-state index contributed by atoms with van der Waals surface area (Å²) >= 11 is 0. The molecule has 2 aromatic heterocycles. The largest absolute Gasteiger partial charge is 0.496 e. The van der Waals surface area contributed by atoms with Crippen molar-refractivity contribution in [1.29, 1.82) is 0 Å². The highest BCUT2D eigenvalue weighted by Gasteiger charge is 2.42. The van der Waals surface area contributed by atoms with Gasteiger partial charge in [0.25, 0.3) is 5.91 Å². The van der Waals surface area contributed by atoms with E-state index in [4.69, 9.17) is 4.74 Å². The van der Waals surface area contributed by atoms with Crippen LogP contribution in [0.5, 0.6) is 5.75 Å². The normalized spacial score (nSPS) is 23.8. The number of nitrogens with one attached hydrogen (secondary N) is 1. The number of fused-ring (bicyclic) bond motifs is 1. The summed E-state index contributed by atoms with van der Waals surface area (Å²) in [7, 11) is 1.59. The maximum Gasteiger partial charge on any atom is 0.309 e. The number of carboxylic acids is 1. The van der Waals surface area contributed by atoms with Crippen LogP contribution < -0.4 is 15.0 Å². The quantitative estimate of drug-likeness (QED) is 0.468. The van der Waals surface area contributed by atoms with Crippen molar-refractivity contribution < 1.29 is 23.8 Å². The number of aromatic nitrogens is 2. The fourth-order valence-electron chi connectivity index (χ4n) is 6.10. The third kappa shape index (κ3) is 4.63.